The number of pyridine rings is 2. The van der Waals surface area contributed by atoms with Crippen molar-refractivity contribution in [1.29, 1.82) is 5.26 Å². The molecule has 0 fully saturated rings. The van der Waals surface area contributed by atoms with E-state index in [4.69, 9.17) is 5.26 Å². The van der Waals surface area contributed by atoms with Gasteiger partial charge in [-0.05, 0) is 30.7 Å². The first-order chi connectivity index (χ1) is 7.78. The molecule has 3 heterocycles. The lowest BCUT2D eigenvalue weighted by atomic mass is 10.2. The van der Waals surface area contributed by atoms with Crippen molar-refractivity contribution in [2.45, 2.75) is 6.92 Å². The van der Waals surface area contributed by atoms with Gasteiger partial charge in [0.15, 0.2) is 0 Å². The van der Waals surface area contributed by atoms with Gasteiger partial charge in [-0.15, -0.1) is 0 Å². The quantitative estimate of drug-likeness (QED) is 0.616. The van der Waals surface area contributed by atoms with Gasteiger partial charge in [0, 0.05) is 11.6 Å². The summed E-state index contributed by atoms with van der Waals surface area (Å²) >= 11 is 0. The number of rotatable bonds is 0. The number of H-pyrrole nitrogens is 1. The molecule has 3 aromatic rings. The second-order valence-electron chi connectivity index (χ2n) is 3.74. The van der Waals surface area contributed by atoms with E-state index in [9.17, 15) is 0 Å². The highest BCUT2D eigenvalue weighted by atomic mass is 14.9. The predicted octanol–water partition coefficient (Wildman–Crippen LogP) is 2.29. The van der Waals surface area contributed by atoms with Crippen LogP contribution >= 0.6 is 0 Å². The van der Waals surface area contributed by atoms with Crippen LogP contribution in [0.3, 0.4) is 0 Å². The number of nitrogens with one attached hydrogen (secondary N) is 1. The first kappa shape index (κ1) is 8.86. The lowest BCUT2D eigenvalue weighted by Crippen LogP contribution is -1.81. The highest BCUT2D eigenvalue weighted by Crippen LogP contribution is 2.22. The summed E-state index contributed by atoms with van der Waals surface area (Å²) in [5.41, 5.74) is 4.04. The molecule has 0 radical (unpaired) electrons. The third-order valence-corrected chi connectivity index (χ3v) is 2.54. The monoisotopic (exact) mass is 208 g/mol. The van der Waals surface area contributed by atoms with Gasteiger partial charge in [0.1, 0.15) is 17.4 Å². The van der Waals surface area contributed by atoms with Crippen molar-refractivity contribution < 1.29 is 0 Å². The molecular weight excluding hydrogens is 200 g/mol. The Morgan fingerprint density at radius 2 is 2.25 bits per heavy atom. The van der Waals surface area contributed by atoms with Gasteiger partial charge in [0.05, 0.1) is 11.0 Å². The number of nitrogens with zero attached hydrogens (tertiary/aromatic N) is 3. The van der Waals surface area contributed by atoms with Crippen molar-refractivity contribution in [1.82, 2.24) is 15.0 Å². The molecule has 0 aromatic carbocycles. The molecule has 16 heavy (non-hydrogen) atoms. The fraction of sp³-hybridized carbons (Fsp3) is 0.0833. The minimum absolute atomic E-state index is 0.426. The SMILES string of the molecule is Cc1cnc2[nH]c3ccc(C#N)nc3c2c1. The number of hydrogen-bond acceptors (Lipinski definition) is 3. The lowest BCUT2D eigenvalue weighted by Gasteiger charge is -1.92. The zero-order chi connectivity index (χ0) is 11.1. The van der Waals surface area contributed by atoms with E-state index in [0.717, 1.165) is 27.6 Å². The number of aryl methyl sites for hydroxylation is 1. The third-order valence-electron chi connectivity index (χ3n) is 2.54. The van der Waals surface area contributed by atoms with Crippen LogP contribution in [-0.2, 0) is 0 Å². The number of aromatic nitrogens is 3. The van der Waals surface area contributed by atoms with E-state index < -0.39 is 0 Å². The molecule has 0 aliphatic carbocycles. The molecular formula is C12H8N4. The summed E-state index contributed by atoms with van der Waals surface area (Å²) in [5, 5.41) is 9.79. The first-order valence-corrected chi connectivity index (χ1v) is 4.93. The second-order valence-corrected chi connectivity index (χ2v) is 3.74. The van der Waals surface area contributed by atoms with Crippen LogP contribution in [0.25, 0.3) is 22.1 Å². The molecule has 4 nitrogen and oxygen atoms in total. The largest absolute Gasteiger partial charge is 0.338 e. The van der Waals surface area contributed by atoms with E-state index in [2.05, 4.69) is 15.0 Å². The van der Waals surface area contributed by atoms with E-state index in [1.54, 1.807) is 6.07 Å². The van der Waals surface area contributed by atoms with Gasteiger partial charge in [0.25, 0.3) is 0 Å². The lowest BCUT2D eigenvalue weighted by molar-refractivity contribution is 1.30. The fourth-order valence-electron chi connectivity index (χ4n) is 1.80. The topological polar surface area (TPSA) is 65.4 Å². The van der Waals surface area contributed by atoms with Crippen LogP contribution in [0.2, 0.25) is 0 Å². The Labute approximate surface area is 91.6 Å². The predicted molar refractivity (Wildman–Crippen MR) is 60.8 cm³/mol. The van der Waals surface area contributed by atoms with Gasteiger partial charge < -0.3 is 4.98 Å². The van der Waals surface area contributed by atoms with Crippen LogP contribution in [-0.4, -0.2) is 15.0 Å². The smallest absolute Gasteiger partial charge is 0.141 e. The summed E-state index contributed by atoms with van der Waals surface area (Å²) in [6, 6.07) is 7.62. The highest BCUT2D eigenvalue weighted by molar-refractivity contribution is 6.03. The number of nitriles is 1. The fourth-order valence-corrected chi connectivity index (χ4v) is 1.80. The normalized spacial score (nSPS) is 10.8. The van der Waals surface area contributed by atoms with Crippen molar-refractivity contribution in [2.24, 2.45) is 0 Å². The Hall–Kier alpha value is -2.41. The van der Waals surface area contributed by atoms with E-state index in [1.807, 2.05) is 31.3 Å². The zero-order valence-corrected chi connectivity index (χ0v) is 8.65. The van der Waals surface area contributed by atoms with Crippen LogP contribution in [0.15, 0.2) is 24.4 Å². The highest BCUT2D eigenvalue weighted by Gasteiger charge is 2.07. The number of aromatic amines is 1. The zero-order valence-electron chi connectivity index (χ0n) is 8.65. The Kier molecular flexibility index (Phi) is 1.68. The molecule has 4 heteroatoms. The molecule has 76 valence electrons. The molecule has 3 rings (SSSR count). The summed E-state index contributed by atoms with van der Waals surface area (Å²) in [7, 11) is 0. The molecule has 1 N–H and O–H groups in total. The van der Waals surface area contributed by atoms with Gasteiger partial charge in [-0.1, -0.05) is 0 Å². The summed E-state index contributed by atoms with van der Waals surface area (Å²) in [5.74, 6) is 0. The van der Waals surface area contributed by atoms with E-state index in [-0.39, 0.29) is 0 Å². The Morgan fingerprint density at radius 3 is 3.06 bits per heavy atom. The van der Waals surface area contributed by atoms with Gasteiger partial charge in [-0.25, -0.2) is 9.97 Å². The van der Waals surface area contributed by atoms with Crippen molar-refractivity contribution in [2.75, 3.05) is 0 Å². The van der Waals surface area contributed by atoms with Crippen LogP contribution in [0.5, 0.6) is 0 Å². The summed E-state index contributed by atoms with van der Waals surface area (Å²) in [4.78, 5) is 11.8. The molecule has 0 aliphatic heterocycles. The molecule has 0 bridgehead atoms. The van der Waals surface area contributed by atoms with Crippen LogP contribution < -0.4 is 0 Å². The van der Waals surface area contributed by atoms with Gasteiger partial charge in [-0.2, -0.15) is 5.26 Å². The summed E-state index contributed by atoms with van der Waals surface area (Å²) in [6.45, 7) is 1.99. The molecule has 0 unspecified atom stereocenters. The molecule has 3 aromatic heterocycles. The first-order valence-electron chi connectivity index (χ1n) is 4.93. The summed E-state index contributed by atoms with van der Waals surface area (Å²) < 4.78 is 0. The van der Waals surface area contributed by atoms with Crippen molar-refractivity contribution in [3.05, 3.63) is 35.7 Å². The summed E-state index contributed by atoms with van der Waals surface area (Å²) in [6.07, 6.45) is 1.81. The van der Waals surface area contributed by atoms with Crippen molar-refractivity contribution in [3.63, 3.8) is 0 Å². The minimum atomic E-state index is 0.426. The van der Waals surface area contributed by atoms with Crippen molar-refractivity contribution in [3.8, 4) is 6.07 Å². The Bertz CT molecular complexity index is 734. The average molecular weight is 208 g/mol. The van der Waals surface area contributed by atoms with Crippen molar-refractivity contribution >= 4 is 22.1 Å². The third kappa shape index (κ3) is 1.15. The van der Waals surface area contributed by atoms with Gasteiger partial charge >= 0.3 is 0 Å². The standard InChI is InChI=1S/C12H8N4/c1-7-4-9-11-10(16-12(9)14-6-7)3-2-8(5-13)15-11/h2-4,6H,1H3,(H,14,16). The Balaban J connectivity index is 2.50. The molecule has 0 spiro atoms. The molecule has 0 atom stereocenters. The minimum Gasteiger partial charge on any atom is -0.338 e. The van der Waals surface area contributed by atoms with Crippen LogP contribution in [0.1, 0.15) is 11.3 Å². The van der Waals surface area contributed by atoms with Gasteiger partial charge in [-0.3, -0.25) is 0 Å². The molecule has 0 amide bonds. The van der Waals surface area contributed by atoms with Gasteiger partial charge in [0.2, 0.25) is 0 Å². The maximum atomic E-state index is 8.82. The molecule has 0 aliphatic rings. The van der Waals surface area contributed by atoms with Crippen LogP contribution in [0.4, 0.5) is 0 Å². The maximum absolute atomic E-state index is 8.82. The molecule has 0 saturated heterocycles. The van der Waals surface area contributed by atoms with E-state index in [0.29, 0.717) is 5.69 Å². The molecule has 0 saturated carbocycles. The average Bonchev–Trinajstić information content (AvgIpc) is 2.66. The van der Waals surface area contributed by atoms with E-state index in [1.165, 1.54) is 0 Å². The number of fused-ring (bicyclic) bond motifs is 3. The maximum Gasteiger partial charge on any atom is 0.141 e. The van der Waals surface area contributed by atoms with Crippen LogP contribution in [0, 0.1) is 18.3 Å². The van der Waals surface area contributed by atoms with E-state index >= 15 is 0 Å². The number of hydrogen-bond donors (Lipinski definition) is 1. The second kappa shape index (κ2) is 3.04. The Morgan fingerprint density at radius 1 is 1.38 bits per heavy atom.